The zero-order chi connectivity index (χ0) is 10.6. The number of hydrogen-bond donors (Lipinski definition) is 1. The van der Waals surface area contributed by atoms with Crippen LogP contribution in [0.1, 0.15) is 19.8 Å². The number of rotatable bonds is 4. The normalized spacial score (nSPS) is 21.2. The van der Waals surface area contributed by atoms with Crippen molar-refractivity contribution in [2.45, 2.75) is 25.8 Å². The van der Waals surface area contributed by atoms with Gasteiger partial charge in [-0.1, -0.05) is 0 Å². The molecular weight excluding hydrogens is 186 g/mol. The van der Waals surface area contributed by atoms with Crippen LogP contribution in [-0.4, -0.2) is 47.7 Å². The minimum atomic E-state index is -0.975. The van der Waals surface area contributed by atoms with Crippen LogP contribution in [0.4, 0.5) is 0 Å². The van der Waals surface area contributed by atoms with Crippen molar-refractivity contribution < 1.29 is 19.4 Å². The molecule has 0 spiro atoms. The lowest BCUT2D eigenvalue weighted by atomic mass is 10.2. The van der Waals surface area contributed by atoms with Gasteiger partial charge >= 0.3 is 5.97 Å². The van der Waals surface area contributed by atoms with Gasteiger partial charge in [-0.3, -0.25) is 4.79 Å². The van der Waals surface area contributed by atoms with E-state index >= 15 is 0 Å². The van der Waals surface area contributed by atoms with E-state index in [1.54, 1.807) is 4.90 Å². The predicted octanol–water partition coefficient (Wildman–Crippen LogP) is 0.0985. The molecular formula is C9H15NO4. The smallest absolute Gasteiger partial charge is 0.329 e. The largest absolute Gasteiger partial charge is 0.480 e. The molecule has 1 saturated heterocycles. The lowest BCUT2D eigenvalue weighted by Gasteiger charge is -2.22. The van der Waals surface area contributed by atoms with Gasteiger partial charge in [-0.15, -0.1) is 0 Å². The second-order valence-corrected chi connectivity index (χ2v) is 3.42. The maximum atomic E-state index is 11.1. The highest BCUT2D eigenvalue weighted by atomic mass is 16.5. The highest BCUT2D eigenvalue weighted by molar-refractivity contribution is 5.73. The summed E-state index contributed by atoms with van der Waals surface area (Å²) < 4.78 is 4.97. The second-order valence-electron chi connectivity index (χ2n) is 3.42. The molecule has 0 aromatic carbocycles. The van der Waals surface area contributed by atoms with E-state index in [1.165, 1.54) is 6.92 Å². The Morgan fingerprint density at radius 2 is 2.29 bits per heavy atom. The van der Waals surface area contributed by atoms with E-state index < -0.39 is 5.97 Å². The van der Waals surface area contributed by atoms with Gasteiger partial charge in [0.1, 0.15) is 6.61 Å². The number of hydrogen-bond acceptors (Lipinski definition) is 3. The molecule has 80 valence electrons. The zero-order valence-electron chi connectivity index (χ0n) is 8.23. The van der Waals surface area contributed by atoms with E-state index in [0.717, 1.165) is 19.4 Å². The monoisotopic (exact) mass is 201 g/mol. The van der Waals surface area contributed by atoms with Crippen LogP contribution in [0.5, 0.6) is 0 Å². The average Bonchev–Trinajstić information content (AvgIpc) is 2.51. The average molecular weight is 201 g/mol. The third-order valence-corrected chi connectivity index (χ3v) is 2.32. The van der Waals surface area contributed by atoms with Gasteiger partial charge in [0.15, 0.2) is 0 Å². The Morgan fingerprint density at radius 3 is 2.86 bits per heavy atom. The van der Waals surface area contributed by atoms with E-state index in [-0.39, 0.29) is 18.6 Å². The molecule has 0 aromatic rings. The van der Waals surface area contributed by atoms with Gasteiger partial charge in [-0.25, -0.2) is 4.79 Å². The van der Waals surface area contributed by atoms with Gasteiger partial charge in [0.2, 0.25) is 5.91 Å². The summed E-state index contributed by atoms with van der Waals surface area (Å²) in [4.78, 5) is 23.0. The van der Waals surface area contributed by atoms with E-state index in [9.17, 15) is 9.59 Å². The number of likely N-dealkylation sites (tertiary alicyclic amines) is 1. The fourth-order valence-electron chi connectivity index (χ4n) is 1.71. The summed E-state index contributed by atoms with van der Waals surface area (Å²) >= 11 is 0. The maximum Gasteiger partial charge on any atom is 0.329 e. The second kappa shape index (κ2) is 4.95. The first-order valence-corrected chi connectivity index (χ1v) is 4.68. The van der Waals surface area contributed by atoms with Gasteiger partial charge in [-0.05, 0) is 12.8 Å². The molecule has 1 heterocycles. The minimum Gasteiger partial charge on any atom is -0.480 e. The number of aliphatic carboxylic acids is 1. The van der Waals surface area contributed by atoms with Crippen LogP contribution in [0.15, 0.2) is 0 Å². The Bertz CT molecular complexity index is 229. The molecule has 1 aliphatic rings. The number of carbonyl (C=O) groups excluding carboxylic acids is 1. The number of carboxylic acids is 1. The molecule has 0 bridgehead atoms. The van der Waals surface area contributed by atoms with Crippen LogP contribution in [-0.2, 0) is 14.3 Å². The van der Waals surface area contributed by atoms with Crippen LogP contribution in [0.3, 0.4) is 0 Å². The molecule has 0 radical (unpaired) electrons. The minimum absolute atomic E-state index is 0.0337. The summed E-state index contributed by atoms with van der Waals surface area (Å²) in [5, 5.41) is 8.36. The number of nitrogens with zero attached hydrogens (tertiary/aromatic N) is 1. The molecule has 0 aromatic heterocycles. The third-order valence-electron chi connectivity index (χ3n) is 2.32. The van der Waals surface area contributed by atoms with Gasteiger partial charge in [0.25, 0.3) is 0 Å². The molecule has 0 saturated carbocycles. The Hall–Kier alpha value is -1.10. The van der Waals surface area contributed by atoms with Crippen molar-refractivity contribution in [3.05, 3.63) is 0 Å². The topological polar surface area (TPSA) is 66.8 Å². The van der Waals surface area contributed by atoms with E-state index in [0.29, 0.717) is 6.61 Å². The summed E-state index contributed by atoms with van der Waals surface area (Å²) in [6.07, 6.45) is 1.87. The van der Waals surface area contributed by atoms with Crippen LogP contribution in [0.2, 0.25) is 0 Å². The summed E-state index contributed by atoms with van der Waals surface area (Å²) in [5.41, 5.74) is 0. The van der Waals surface area contributed by atoms with Crippen LogP contribution in [0.25, 0.3) is 0 Å². The van der Waals surface area contributed by atoms with E-state index in [2.05, 4.69) is 0 Å². The fourth-order valence-corrected chi connectivity index (χ4v) is 1.71. The highest BCUT2D eigenvalue weighted by Crippen LogP contribution is 2.17. The summed E-state index contributed by atoms with van der Waals surface area (Å²) in [6.45, 7) is 2.32. The van der Waals surface area contributed by atoms with E-state index in [4.69, 9.17) is 9.84 Å². The Kier molecular flexibility index (Phi) is 3.88. The van der Waals surface area contributed by atoms with Crippen molar-refractivity contribution in [3.8, 4) is 0 Å². The SMILES string of the molecule is CC(=O)N1CCC[C@H]1COCC(=O)O. The fraction of sp³-hybridized carbons (Fsp3) is 0.778. The van der Waals surface area contributed by atoms with Crippen molar-refractivity contribution in [2.24, 2.45) is 0 Å². The van der Waals surface area contributed by atoms with Crippen molar-refractivity contribution in [1.82, 2.24) is 4.90 Å². The van der Waals surface area contributed by atoms with Crippen LogP contribution >= 0.6 is 0 Å². The van der Waals surface area contributed by atoms with Crippen LogP contribution < -0.4 is 0 Å². The third kappa shape index (κ3) is 2.99. The van der Waals surface area contributed by atoms with Crippen molar-refractivity contribution >= 4 is 11.9 Å². The molecule has 1 amide bonds. The van der Waals surface area contributed by atoms with Gasteiger partial charge in [0.05, 0.1) is 12.6 Å². The number of carbonyl (C=O) groups is 2. The van der Waals surface area contributed by atoms with Gasteiger partial charge in [0, 0.05) is 13.5 Å². The first kappa shape index (κ1) is 11.0. The molecule has 14 heavy (non-hydrogen) atoms. The molecule has 1 N–H and O–H groups in total. The Balaban J connectivity index is 2.29. The van der Waals surface area contributed by atoms with Gasteiger partial charge in [-0.2, -0.15) is 0 Å². The van der Waals surface area contributed by atoms with E-state index in [1.807, 2.05) is 0 Å². The standard InChI is InChI=1S/C9H15NO4/c1-7(11)10-4-2-3-8(10)5-14-6-9(12)13/h8H,2-6H2,1H3,(H,12,13)/t8-/m0/s1. The molecule has 1 aliphatic heterocycles. The predicted molar refractivity (Wildman–Crippen MR) is 48.9 cm³/mol. The maximum absolute atomic E-state index is 11.1. The zero-order valence-corrected chi connectivity index (χ0v) is 8.23. The lowest BCUT2D eigenvalue weighted by molar-refractivity contribution is -0.143. The Morgan fingerprint density at radius 1 is 1.57 bits per heavy atom. The molecule has 1 fully saturated rings. The number of carboxylic acid groups (broad SMARTS) is 1. The first-order chi connectivity index (χ1) is 6.61. The summed E-state index contributed by atoms with van der Waals surface area (Å²) in [5.74, 6) is -0.941. The molecule has 5 nitrogen and oxygen atoms in total. The first-order valence-electron chi connectivity index (χ1n) is 4.68. The highest BCUT2D eigenvalue weighted by Gasteiger charge is 2.26. The lowest BCUT2D eigenvalue weighted by Crippen LogP contribution is -2.37. The van der Waals surface area contributed by atoms with Crippen LogP contribution in [0, 0.1) is 0 Å². The molecule has 1 atom stereocenters. The van der Waals surface area contributed by atoms with Gasteiger partial charge < -0.3 is 14.7 Å². The molecule has 0 aliphatic carbocycles. The molecule has 0 unspecified atom stereocenters. The molecule has 5 heteroatoms. The van der Waals surface area contributed by atoms with Crippen molar-refractivity contribution in [3.63, 3.8) is 0 Å². The summed E-state index contributed by atoms with van der Waals surface area (Å²) in [7, 11) is 0. The summed E-state index contributed by atoms with van der Waals surface area (Å²) in [6, 6.07) is 0.0619. The van der Waals surface area contributed by atoms with Crippen molar-refractivity contribution in [1.29, 1.82) is 0 Å². The number of amides is 1. The Labute approximate surface area is 82.6 Å². The quantitative estimate of drug-likeness (QED) is 0.700. The molecule has 1 rings (SSSR count). The number of ether oxygens (including phenoxy) is 1. The van der Waals surface area contributed by atoms with Crippen molar-refractivity contribution in [2.75, 3.05) is 19.8 Å².